The van der Waals surface area contributed by atoms with Gasteiger partial charge in [0.25, 0.3) is 0 Å². The van der Waals surface area contributed by atoms with E-state index in [2.05, 4.69) is 17.0 Å². The normalized spacial score (nSPS) is 22.9. The molecule has 1 aliphatic rings. The molecular weight excluding hydrogens is 269 g/mol. The topological polar surface area (TPSA) is 47.3 Å². The van der Waals surface area contributed by atoms with Crippen LogP contribution in [0.2, 0.25) is 0 Å². The monoisotopic (exact) mass is 288 g/mol. The molecule has 0 aliphatic heterocycles. The second-order valence-corrected chi connectivity index (χ2v) is 5.35. The highest BCUT2D eigenvalue weighted by molar-refractivity contribution is 5.69. The van der Waals surface area contributed by atoms with Gasteiger partial charge in [0.1, 0.15) is 0 Å². The fraction of sp³-hybridized carbons (Fsp3) is 0.571. The third kappa shape index (κ3) is 3.71. The van der Waals surface area contributed by atoms with Gasteiger partial charge in [-0.1, -0.05) is 6.92 Å². The highest BCUT2D eigenvalue weighted by Crippen LogP contribution is 2.32. The maximum Gasteiger partial charge on any atom is 0.387 e. The Kier molecular flexibility index (Phi) is 4.62. The van der Waals surface area contributed by atoms with Gasteiger partial charge in [-0.25, -0.2) is 4.39 Å². The van der Waals surface area contributed by atoms with Crippen molar-refractivity contribution < 1.29 is 17.9 Å². The number of benzene rings is 1. The van der Waals surface area contributed by atoms with Crippen LogP contribution in [-0.4, -0.2) is 12.7 Å². The maximum atomic E-state index is 13.5. The SMILES string of the molecule is CC1CCC(Nc2cc(OC(F)F)c(F)cc2N)CC1. The van der Waals surface area contributed by atoms with Crippen molar-refractivity contribution in [3.8, 4) is 5.75 Å². The molecule has 0 spiro atoms. The van der Waals surface area contributed by atoms with Crippen LogP contribution < -0.4 is 15.8 Å². The van der Waals surface area contributed by atoms with Crippen LogP contribution in [0.1, 0.15) is 32.6 Å². The predicted octanol–water partition coefficient (Wildman–Crippen LogP) is 4.00. The van der Waals surface area contributed by atoms with Crippen molar-refractivity contribution in [1.82, 2.24) is 0 Å². The Hall–Kier alpha value is -1.59. The largest absolute Gasteiger partial charge is 0.432 e. The van der Waals surface area contributed by atoms with Crippen LogP contribution in [0.25, 0.3) is 0 Å². The molecule has 1 aliphatic carbocycles. The molecule has 1 fully saturated rings. The van der Waals surface area contributed by atoms with E-state index in [-0.39, 0.29) is 11.7 Å². The van der Waals surface area contributed by atoms with E-state index >= 15 is 0 Å². The van der Waals surface area contributed by atoms with Crippen LogP contribution in [0.3, 0.4) is 0 Å². The van der Waals surface area contributed by atoms with Crippen molar-refractivity contribution >= 4 is 11.4 Å². The first kappa shape index (κ1) is 14.8. The summed E-state index contributed by atoms with van der Waals surface area (Å²) in [5.41, 5.74) is 6.36. The Morgan fingerprint density at radius 1 is 1.25 bits per heavy atom. The van der Waals surface area contributed by atoms with E-state index in [4.69, 9.17) is 5.73 Å². The summed E-state index contributed by atoms with van der Waals surface area (Å²) in [6.07, 6.45) is 4.20. The van der Waals surface area contributed by atoms with Crippen molar-refractivity contribution in [3.05, 3.63) is 17.9 Å². The Bertz CT molecular complexity index is 460. The van der Waals surface area contributed by atoms with Gasteiger partial charge in [-0.3, -0.25) is 0 Å². The zero-order valence-electron chi connectivity index (χ0n) is 11.3. The van der Waals surface area contributed by atoms with E-state index in [0.717, 1.165) is 31.7 Å². The lowest BCUT2D eigenvalue weighted by molar-refractivity contribution is -0.0521. The molecular formula is C14H19F3N2O. The molecule has 3 nitrogen and oxygen atoms in total. The Morgan fingerprint density at radius 2 is 1.90 bits per heavy atom. The lowest BCUT2D eigenvalue weighted by Gasteiger charge is -2.28. The number of nitrogens with one attached hydrogen (secondary N) is 1. The summed E-state index contributed by atoms with van der Waals surface area (Å²) < 4.78 is 42.0. The summed E-state index contributed by atoms with van der Waals surface area (Å²) in [7, 11) is 0. The second-order valence-electron chi connectivity index (χ2n) is 5.35. The Labute approximate surface area is 116 Å². The summed E-state index contributed by atoms with van der Waals surface area (Å²) in [5, 5.41) is 3.19. The molecule has 1 saturated carbocycles. The zero-order chi connectivity index (χ0) is 14.7. The fourth-order valence-corrected chi connectivity index (χ4v) is 2.50. The number of anilines is 2. The molecule has 6 heteroatoms. The summed E-state index contributed by atoms with van der Waals surface area (Å²) in [4.78, 5) is 0. The second kappa shape index (κ2) is 6.24. The number of hydrogen-bond donors (Lipinski definition) is 2. The minimum Gasteiger partial charge on any atom is -0.432 e. The van der Waals surface area contributed by atoms with Crippen LogP contribution in [0.5, 0.6) is 5.75 Å². The third-order valence-electron chi connectivity index (χ3n) is 3.70. The van der Waals surface area contributed by atoms with Crippen LogP contribution in [0, 0.1) is 11.7 Å². The van der Waals surface area contributed by atoms with Crippen molar-refractivity contribution in [2.45, 2.75) is 45.3 Å². The van der Waals surface area contributed by atoms with Crippen molar-refractivity contribution in [2.75, 3.05) is 11.1 Å². The van der Waals surface area contributed by atoms with E-state index in [9.17, 15) is 13.2 Å². The highest BCUT2D eigenvalue weighted by atomic mass is 19.3. The van der Waals surface area contributed by atoms with Gasteiger partial charge in [-0.15, -0.1) is 0 Å². The van der Waals surface area contributed by atoms with Gasteiger partial charge in [0.2, 0.25) is 0 Å². The predicted molar refractivity (Wildman–Crippen MR) is 72.5 cm³/mol. The molecule has 0 aromatic heterocycles. The summed E-state index contributed by atoms with van der Waals surface area (Å²) >= 11 is 0. The fourth-order valence-electron chi connectivity index (χ4n) is 2.50. The van der Waals surface area contributed by atoms with Gasteiger partial charge in [0, 0.05) is 18.2 Å². The molecule has 20 heavy (non-hydrogen) atoms. The minimum absolute atomic E-state index is 0.197. The number of rotatable bonds is 4. The number of nitrogens with two attached hydrogens (primary N) is 1. The van der Waals surface area contributed by atoms with Gasteiger partial charge in [-0.05, 0) is 31.6 Å². The molecule has 0 bridgehead atoms. The van der Waals surface area contributed by atoms with Crippen molar-refractivity contribution in [1.29, 1.82) is 0 Å². The minimum atomic E-state index is -3.06. The molecule has 0 atom stereocenters. The average Bonchev–Trinajstić information content (AvgIpc) is 2.37. The van der Waals surface area contributed by atoms with Crippen molar-refractivity contribution in [3.63, 3.8) is 0 Å². The number of ether oxygens (including phenoxy) is 1. The van der Waals surface area contributed by atoms with Gasteiger partial charge in [0.15, 0.2) is 11.6 Å². The smallest absolute Gasteiger partial charge is 0.387 e. The Morgan fingerprint density at radius 3 is 2.50 bits per heavy atom. The Balaban J connectivity index is 2.10. The summed E-state index contributed by atoms with van der Waals surface area (Å²) in [6.45, 7) is -0.853. The molecule has 0 saturated heterocycles. The van der Waals surface area contributed by atoms with Gasteiger partial charge >= 0.3 is 6.61 Å². The number of alkyl halides is 2. The highest BCUT2D eigenvalue weighted by Gasteiger charge is 2.20. The maximum absolute atomic E-state index is 13.5. The number of nitrogen functional groups attached to an aromatic ring is 1. The molecule has 3 N–H and O–H groups in total. The van der Waals surface area contributed by atoms with Gasteiger partial charge < -0.3 is 15.8 Å². The average molecular weight is 288 g/mol. The zero-order valence-corrected chi connectivity index (χ0v) is 11.3. The van der Waals surface area contributed by atoms with Crippen LogP contribution >= 0.6 is 0 Å². The third-order valence-corrected chi connectivity index (χ3v) is 3.70. The van der Waals surface area contributed by atoms with Crippen molar-refractivity contribution in [2.24, 2.45) is 5.92 Å². The van der Waals surface area contributed by atoms with E-state index < -0.39 is 18.2 Å². The van der Waals surface area contributed by atoms with Gasteiger partial charge in [-0.2, -0.15) is 8.78 Å². The molecule has 1 aromatic rings. The van der Waals surface area contributed by atoms with Crippen LogP contribution in [-0.2, 0) is 0 Å². The van der Waals surface area contributed by atoms with Crippen LogP contribution in [0.15, 0.2) is 12.1 Å². The lowest BCUT2D eigenvalue weighted by Crippen LogP contribution is -2.25. The number of halogens is 3. The molecule has 0 heterocycles. The first-order valence-electron chi connectivity index (χ1n) is 6.76. The standard InChI is InChI=1S/C14H19F3N2O/c1-8-2-4-9(5-3-8)19-12-7-13(20-14(16)17)10(15)6-11(12)18/h6-9,14,19H,2-5,18H2,1H3. The molecule has 2 rings (SSSR count). The lowest BCUT2D eigenvalue weighted by atomic mass is 9.87. The summed E-state index contributed by atoms with van der Waals surface area (Å²) in [5.74, 6) is -0.664. The molecule has 0 radical (unpaired) electrons. The summed E-state index contributed by atoms with van der Waals surface area (Å²) in [6, 6.07) is 2.44. The van der Waals surface area contributed by atoms with E-state index in [1.165, 1.54) is 6.07 Å². The molecule has 0 amide bonds. The molecule has 0 unspecified atom stereocenters. The van der Waals surface area contributed by atoms with E-state index in [0.29, 0.717) is 11.6 Å². The first-order valence-corrected chi connectivity index (χ1v) is 6.76. The van der Waals surface area contributed by atoms with E-state index in [1.54, 1.807) is 0 Å². The molecule has 112 valence electrons. The molecule has 1 aromatic carbocycles. The quantitative estimate of drug-likeness (QED) is 0.823. The van der Waals surface area contributed by atoms with Gasteiger partial charge in [0.05, 0.1) is 11.4 Å². The van der Waals surface area contributed by atoms with E-state index in [1.807, 2.05) is 0 Å². The van der Waals surface area contributed by atoms with Crippen LogP contribution in [0.4, 0.5) is 24.5 Å². The first-order chi connectivity index (χ1) is 9.45. The number of hydrogen-bond acceptors (Lipinski definition) is 3.